The lowest BCUT2D eigenvalue weighted by Gasteiger charge is -2.43. The van der Waals surface area contributed by atoms with Gasteiger partial charge >= 0.3 is 0 Å². The first-order chi connectivity index (χ1) is 14.1. The van der Waals surface area contributed by atoms with Gasteiger partial charge in [-0.2, -0.15) is 0 Å². The highest BCUT2D eigenvalue weighted by molar-refractivity contribution is 5.75. The minimum absolute atomic E-state index is 0.226. The molecule has 1 aromatic rings. The van der Waals surface area contributed by atoms with Gasteiger partial charge in [0.25, 0.3) is 0 Å². The van der Waals surface area contributed by atoms with Crippen LogP contribution in [-0.2, 0) is 4.79 Å². The van der Waals surface area contributed by atoms with Gasteiger partial charge in [0.05, 0.1) is 5.56 Å². The number of piperazine rings is 1. The number of anilines is 1. The molecule has 2 bridgehead atoms. The Bertz CT molecular complexity index is 707. The molecule has 29 heavy (non-hydrogen) atoms. The maximum atomic E-state index is 11.0. The van der Waals surface area contributed by atoms with E-state index in [4.69, 9.17) is 0 Å². The number of rotatable bonds is 9. The Balaban J connectivity index is 1.54. The highest BCUT2D eigenvalue weighted by Gasteiger charge is 2.42. The molecule has 1 aromatic heterocycles. The maximum Gasteiger partial charge on any atom is 0.225 e. The first-order valence-electron chi connectivity index (χ1n) is 11.4. The number of carbonyl (C=O) groups is 1. The number of carbonyl (C=O) groups excluding carboxylic acids is 1. The van der Waals surface area contributed by atoms with Crippen molar-refractivity contribution in [3.05, 3.63) is 18.0 Å². The third-order valence-electron chi connectivity index (χ3n) is 6.29. The van der Waals surface area contributed by atoms with Crippen LogP contribution in [0.1, 0.15) is 84.1 Å². The first-order valence-corrected chi connectivity index (χ1v) is 11.4. The van der Waals surface area contributed by atoms with E-state index in [1.54, 1.807) is 6.92 Å². The Kier molecular flexibility index (Phi) is 8.06. The van der Waals surface area contributed by atoms with Crippen molar-refractivity contribution >= 4 is 11.7 Å². The summed E-state index contributed by atoms with van der Waals surface area (Å²) in [7, 11) is 0. The number of Topliss-reactive ketones (excluding diaryl/α,β-unsaturated/α-hetero) is 1. The summed E-state index contributed by atoms with van der Waals surface area (Å²) in [5.74, 6) is 7.33. The molecule has 0 spiro atoms. The molecular formula is C24H36N4O. The fourth-order valence-electron chi connectivity index (χ4n) is 4.60. The van der Waals surface area contributed by atoms with Crippen LogP contribution in [0.4, 0.5) is 5.95 Å². The number of hydrogen-bond donors (Lipinski definition) is 0. The van der Waals surface area contributed by atoms with Gasteiger partial charge in [-0.1, -0.05) is 38.0 Å². The van der Waals surface area contributed by atoms with Gasteiger partial charge in [-0.15, -0.1) is 0 Å². The number of likely N-dealkylation sites (tertiary alicyclic amines) is 1. The van der Waals surface area contributed by atoms with E-state index in [-0.39, 0.29) is 5.78 Å². The second-order valence-electron chi connectivity index (χ2n) is 8.72. The Morgan fingerprint density at radius 1 is 1.17 bits per heavy atom. The van der Waals surface area contributed by atoms with Gasteiger partial charge in [0, 0.05) is 56.5 Å². The summed E-state index contributed by atoms with van der Waals surface area (Å²) in [5.41, 5.74) is 0.854. The smallest absolute Gasteiger partial charge is 0.225 e. The van der Waals surface area contributed by atoms with E-state index in [1.165, 1.54) is 38.5 Å². The van der Waals surface area contributed by atoms with Crippen LogP contribution in [-0.4, -0.2) is 51.9 Å². The van der Waals surface area contributed by atoms with Gasteiger partial charge in [-0.25, -0.2) is 9.97 Å². The SMILES string of the molecule is CCCCCC(C)N1CC2CCC(C1)N2c1ncc(C#CCCCC(C)=O)cn1. The molecule has 158 valence electrons. The molecule has 3 rings (SSSR count). The van der Waals surface area contributed by atoms with Crippen molar-refractivity contribution in [1.29, 1.82) is 0 Å². The van der Waals surface area contributed by atoms with E-state index in [1.807, 2.05) is 12.4 Å². The summed E-state index contributed by atoms with van der Waals surface area (Å²) < 4.78 is 0. The average Bonchev–Trinajstić information content (AvgIpc) is 2.97. The van der Waals surface area contributed by atoms with Gasteiger partial charge in [0.2, 0.25) is 5.95 Å². The molecule has 0 N–H and O–H groups in total. The highest BCUT2D eigenvalue weighted by Crippen LogP contribution is 2.34. The summed E-state index contributed by atoms with van der Waals surface area (Å²) in [5, 5.41) is 0. The fraction of sp³-hybridized carbons (Fsp3) is 0.708. The fourth-order valence-corrected chi connectivity index (χ4v) is 4.60. The number of ketones is 1. The topological polar surface area (TPSA) is 49.3 Å². The molecule has 2 fully saturated rings. The molecular weight excluding hydrogens is 360 g/mol. The second kappa shape index (κ2) is 10.7. The Hall–Kier alpha value is -1.93. The molecule has 2 saturated heterocycles. The molecule has 3 atom stereocenters. The minimum Gasteiger partial charge on any atom is -0.332 e. The van der Waals surface area contributed by atoms with Gasteiger partial charge in [0.1, 0.15) is 5.78 Å². The number of hydrogen-bond acceptors (Lipinski definition) is 5. The maximum absolute atomic E-state index is 11.0. The van der Waals surface area contributed by atoms with Crippen LogP contribution < -0.4 is 4.90 Å². The highest BCUT2D eigenvalue weighted by atomic mass is 16.1. The van der Waals surface area contributed by atoms with Crippen LogP contribution in [0.15, 0.2) is 12.4 Å². The summed E-state index contributed by atoms with van der Waals surface area (Å²) in [4.78, 5) is 25.4. The molecule has 0 aromatic carbocycles. The van der Waals surface area contributed by atoms with Gasteiger partial charge in [0.15, 0.2) is 0 Å². The molecule has 3 heterocycles. The molecule has 5 nitrogen and oxygen atoms in total. The summed E-state index contributed by atoms with van der Waals surface area (Å²) in [6.45, 7) is 8.55. The molecule has 5 heteroatoms. The Morgan fingerprint density at radius 2 is 1.86 bits per heavy atom. The third kappa shape index (κ3) is 6.02. The van der Waals surface area contributed by atoms with Gasteiger partial charge < -0.3 is 9.69 Å². The van der Waals surface area contributed by atoms with Crippen LogP contribution in [0.25, 0.3) is 0 Å². The molecule has 2 aliphatic heterocycles. The molecule has 0 aliphatic carbocycles. The van der Waals surface area contributed by atoms with Crippen LogP contribution >= 0.6 is 0 Å². The summed E-state index contributed by atoms with van der Waals surface area (Å²) >= 11 is 0. The van der Waals surface area contributed by atoms with Crippen LogP contribution in [0.3, 0.4) is 0 Å². The first kappa shape index (κ1) is 21.8. The van der Waals surface area contributed by atoms with Crippen molar-refractivity contribution in [2.75, 3.05) is 18.0 Å². The normalized spacial score (nSPS) is 22.2. The molecule has 3 unspecified atom stereocenters. The predicted octanol–water partition coefficient (Wildman–Crippen LogP) is 4.21. The van der Waals surface area contributed by atoms with E-state index in [0.29, 0.717) is 24.5 Å². The Morgan fingerprint density at radius 3 is 2.48 bits per heavy atom. The van der Waals surface area contributed by atoms with E-state index in [0.717, 1.165) is 37.4 Å². The van der Waals surface area contributed by atoms with Crippen molar-refractivity contribution in [3.8, 4) is 11.8 Å². The van der Waals surface area contributed by atoms with E-state index < -0.39 is 0 Å². The van der Waals surface area contributed by atoms with Crippen molar-refractivity contribution in [2.24, 2.45) is 0 Å². The quantitative estimate of drug-likeness (QED) is 0.462. The van der Waals surface area contributed by atoms with Crippen LogP contribution in [0.5, 0.6) is 0 Å². The standard InChI is InChI=1S/C24H36N4O/c1-4-5-7-10-19(2)27-17-22-13-14-23(18-27)28(22)24-25-15-21(16-26-24)12-9-6-8-11-20(3)29/h15-16,19,22-23H,4-8,10-11,13-14,17-18H2,1-3H3. The van der Waals surface area contributed by atoms with E-state index in [2.05, 4.69) is 45.5 Å². The molecule has 0 amide bonds. The Labute approximate surface area is 176 Å². The zero-order valence-electron chi connectivity index (χ0n) is 18.4. The van der Waals surface area contributed by atoms with E-state index in [9.17, 15) is 4.79 Å². The lowest BCUT2D eigenvalue weighted by molar-refractivity contribution is -0.117. The van der Waals surface area contributed by atoms with Gasteiger partial charge in [-0.05, 0) is 39.5 Å². The van der Waals surface area contributed by atoms with Gasteiger partial charge in [-0.3, -0.25) is 4.90 Å². The molecule has 2 aliphatic rings. The lowest BCUT2D eigenvalue weighted by Crippen LogP contribution is -2.56. The summed E-state index contributed by atoms with van der Waals surface area (Å²) in [6.07, 6.45) is 13.6. The zero-order chi connectivity index (χ0) is 20.6. The summed E-state index contributed by atoms with van der Waals surface area (Å²) in [6, 6.07) is 1.74. The van der Waals surface area contributed by atoms with Crippen molar-refractivity contribution < 1.29 is 4.79 Å². The van der Waals surface area contributed by atoms with Crippen molar-refractivity contribution in [2.45, 2.75) is 96.7 Å². The number of aromatic nitrogens is 2. The van der Waals surface area contributed by atoms with Crippen LogP contribution in [0.2, 0.25) is 0 Å². The minimum atomic E-state index is 0.226. The average molecular weight is 397 g/mol. The lowest BCUT2D eigenvalue weighted by atomic mass is 10.1. The van der Waals surface area contributed by atoms with Crippen molar-refractivity contribution in [3.63, 3.8) is 0 Å². The number of unbranched alkanes of at least 4 members (excludes halogenated alkanes) is 3. The molecule has 0 saturated carbocycles. The predicted molar refractivity (Wildman–Crippen MR) is 118 cm³/mol. The zero-order valence-corrected chi connectivity index (χ0v) is 18.4. The van der Waals surface area contributed by atoms with Crippen LogP contribution in [0, 0.1) is 11.8 Å². The monoisotopic (exact) mass is 396 g/mol. The number of nitrogens with zero attached hydrogens (tertiary/aromatic N) is 4. The largest absolute Gasteiger partial charge is 0.332 e. The molecule has 0 radical (unpaired) electrons. The van der Waals surface area contributed by atoms with Crippen molar-refractivity contribution in [1.82, 2.24) is 14.9 Å². The van der Waals surface area contributed by atoms with E-state index >= 15 is 0 Å². The second-order valence-corrected chi connectivity index (χ2v) is 8.72. The third-order valence-corrected chi connectivity index (χ3v) is 6.29. The number of fused-ring (bicyclic) bond motifs is 2.